The zero-order chi connectivity index (χ0) is 12.8. The lowest BCUT2D eigenvalue weighted by Crippen LogP contribution is -2.35. The van der Waals surface area contributed by atoms with Gasteiger partial charge in [0.15, 0.2) is 0 Å². The molecule has 17 heavy (non-hydrogen) atoms. The van der Waals surface area contributed by atoms with E-state index in [1.165, 1.54) is 0 Å². The van der Waals surface area contributed by atoms with Crippen LogP contribution in [0.4, 0.5) is 5.69 Å². The third-order valence-electron chi connectivity index (χ3n) is 2.75. The van der Waals surface area contributed by atoms with Gasteiger partial charge < -0.3 is 10.6 Å². The van der Waals surface area contributed by atoms with Gasteiger partial charge in [-0.05, 0) is 24.6 Å². The minimum Gasteiger partial charge on any atom is -0.399 e. The molecule has 1 aromatic carbocycles. The summed E-state index contributed by atoms with van der Waals surface area (Å²) in [5.74, 6) is -0.00153. The highest BCUT2D eigenvalue weighted by atomic mass is 16.2. The van der Waals surface area contributed by atoms with Gasteiger partial charge in [0.25, 0.3) is 0 Å². The van der Waals surface area contributed by atoms with Crippen LogP contribution in [-0.4, -0.2) is 23.9 Å². The number of rotatable bonds is 4. The van der Waals surface area contributed by atoms with Crippen LogP contribution in [0.3, 0.4) is 0 Å². The second-order valence-electron chi connectivity index (χ2n) is 4.14. The van der Waals surface area contributed by atoms with E-state index in [-0.39, 0.29) is 11.9 Å². The van der Waals surface area contributed by atoms with Crippen molar-refractivity contribution in [2.45, 2.75) is 25.8 Å². The van der Waals surface area contributed by atoms with Crippen LogP contribution in [-0.2, 0) is 11.2 Å². The van der Waals surface area contributed by atoms with Crippen LogP contribution >= 0.6 is 0 Å². The zero-order valence-corrected chi connectivity index (χ0v) is 10.2. The van der Waals surface area contributed by atoms with Crippen molar-refractivity contribution in [3.63, 3.8) is 0 Å². The Kier molecular flexibility index (Phi) is 4.53. The smallest absolute Gasteiger partial charge is 0.227 e. The molecule has 4 nitrogen and oxygen atoms in total. The lowest BCUT2D eigenvalue weighted by atomic mass is 10.1. The van der Waals surface area contributed by atoms with Gasteiger partial charge in [0, 0.05) is 18.8 Å². The maximum absolute atomic E-state index is 11.9. The number of carbonyl (C=O) groups excluding carboxylic acids is 1. The number of hydrogen-bond donors (Lipinski definition) is 1. The summed E-state index contributed by atoms with van der Waals surface area (Å²) in [5.41, 5.74) is 7.20. The van der Waals surface area contributed by atoms with Gasteiger partial charge in [-0.1, -0.05) is 12.1 Å². The Balaban J connectivity index is 2.63. The van der Waals surface area contributed by atoms with Crippen molar-refractivity contribution in [2.24, 2.45) is 0 Å². The van der Waals surface area contributed by atoms with E-state index in [9.17, 15) is 4.79 Å². The van der Waals surface area contributed by atoms with Crippen molar-refractivity contribution in [2.75, 3.05) is 12.8 Å². The summed E-state index contributed by atoms with van der Waals surface area (Å²) in [7, 11) is 1.72. The molecule has 0 aliphatic heterocycles. The van der Waals surface area contributed by atoms with E-state index in [2.05, 4.69) is 6.07 Å². The molecule has 0 saturated heterocycles. The Labute approximate surface area is 102 Å². The highest BCUT2D eigenvalue weighted by Crippen LogP contribution is 2.10. The summed E-state index contributed by atoms with van der Waals surface area (Å²) in [6.07, 6.45) is 0.663. The van der Waals surface area contributed by atoms with E-state index in [1.807, 2.05) is 19.1 Å². The fraction of sp³-hybridized carbons (Fsp3) is 0.385. The number of nitrogens with two attached hydrogens (primary N) is 1. The highest BCUT2D eigenvalue weighted by Gasteiger charge is 2.15. The molecule has 1 atom stereocenters. The van der Waals surface area contributed by atoms with Crippen LogP contribution in [0.2, 0.25) is 0 Å². The molecular weight excluding hydrogens is 214 g/mol. The molecule has 2 N–H and O–H groups in total. The molecule has 1 unspecified atom stereocenters. The fourth-order valence-corrected chi connectivity index (χ4v) is 1.52. The quantitative estimate of drug-likeness (QED) is 0.800. The molecular formula is C13H17N3O. The first-order valence-electron chi connectivity index (χ1n) is 5.51. The zero-order valence-electron chi connectivity index (χ0n) is 10.2. The summed E-state index contributed by atoms with van der Waals surface area (Å²) in [5, 5.41) is 8.59. The van der Waals surface area contributed by atoms with Crippen LogP contribution in [0.1, 0.15) is 18.9 Å². The van der Waals surface area contributed by atoms with Gasteiger partial charge in [0.1, 0.15) is 0 Å². The van der Waals surface area contributed by atoms with Crippen molar-refractivity contribution >= 4 is 11.6 Å². The Morgan fingerprint density at radius 2 is 2.29 bits per heavy atom. The average Bonchev–Trinajstić information content (AvgIpc) is 2.28. The molecule has 4 heteroatoms. The predicted octanol–water partition coefficient (Wildman–Crippen LogP) is 1.57. The summed E-state index contributed by atoms with van der Waals surface area (Å²) < 4.78 is 0. The number of amides is 1. The number of hydrogen-bond acceptors (Lipinski definition) is 3. The molecule has 0 aliphatic rings. The highest BCUT2D eigenvalue weighted by molar-refractivity contribution is 5.79. The molecule has 0 radical (unpaired) electrons. The van der Waals surface area contributed by atoms with Gasteiger partial charge >= 0.3 is 0 Å². The van der Waals surface area contributed by atoms with Crippen LogP contribution < -0.4 is 5.73 Å². The molecule has 1 amide bonds. The number of carbonyl (C=O) groups is 1. The Bertz CT molecular complexity index is 437. The topological polar surface area (TPSA) is 70.1 Å². The Morgan fingerprint density at radius 3 is 2.88 bits per heavy atom. The molecule has 90 valence electrons. The van der Waals surface area contributed by atoms with Crippen LogP contribution in [0.25, 0.3) is 0 Å². The molecule has 0 fully saturated rings. The first-order chi connectivity index (χ1) is 8.04. The molecule has 1 rings (SSSR count). The molecule has 0 saturated carbocycles. The van der Waals surface area contributed by atoms with E-state index in [0.717, 1.165) is 5.56 Å². The second kappa shape index (κ2) is 5.90. The van der Waals surface area contributed by atoms with E-state index >= 15 is 0 Å². The largest absolute Gasteiger partial charge is 0.399 e. The number of nitriles is 1. The molecule has 0 spiro atoms. The van der Waals surface area contributed by atoms with Crippen molar-refractivity contribution in [1.29, 1.82) is 5.26 Å². The van der Waals surface area contributed by atoms with Gasteiger partial charge in [-0.2, -0.15) is 5.26 Å². The van der Waals surface area contributed by atoms with E-state index in [0.29, 0.717) is 18.5 Å². The summed E-state index contributed by atoms with van der Waals surface area (Å²) in [6.45, 7) is 1.86. The van der Waals surface area contributed by atoms with Crippen molar-refractivity contribution < 1.29 is 4.79 Å². The van der Waals surface area contributed by atoms with Crippen LogP contribution in [0.15, 0.2) is 24.3 Å². The van der Waals surface area contributed by atoms with Crippen LogP contribution in [0, 0.1) is 11.3 Å². The summed E-state index contributed by atoms with van der Waals surface area (Å²) in [4.78, 5) is 13.5. The number of likely N-dealkylation sites (N-methyl/N-ethyl adjacent to an activating group) is 1. The third kappa shape index (κ3) is 3.80. The van der Waals surface area contributed by atoms with Crippen molar-refractivity contribution in [3.8, 4) is 6.07 Å². The first kappa shape index (κ1) is 13.0. The average molecular weight is 231 g/mol. The molecule has 0 aromatic heterocycles. The van der Waals surface area contributed by atoms with Gasteiger partial charge in [0.2, 0.25) is 5.91 Å². The lowest BCUT2D eigenvalue weighted by molar-refractivity contribution is -0.130. The maximum Gasteiger partial charge on any atom is 0.227 e. The third-order valence-corrected chi connectivity index (χ3v) is 2.75. The van der Waals surface area contributed by atoms with Gasteiger partial charge in [-0.25, -0.2) is 0 Å². The number of anilines is 1. The maximum atomic E-state index is 11.9. The number of nitrogen functional groups attached to an aromatic ring is 1. The molecule has 0 heterocycles. The Hall–Kier alpha value is -2.02. The summed E-state index contributed by atoms with van der Waals surface area (Å²) >= 11 is 0. The van der Waals surface area contributed by atoms with E-state index in [4.69, 9.17) is 11.0 Å². The second-order valence-corrected chi connectivity index (χ2v) is 4.14. The molecule has 0 aliphatic carbocycles. The lowest BCUT2D eigenvalue weighted by Gasteiger charge is -2.23. The van der Waals surface area contributed by atoms with Gasteiger partial charge in [-0.3, -0.25) is 4.79 Å². The van der Waals surface area contributed by atoms with Crippen LogP contribution in [0.5, 0.6) is 0 Å². The molecule has 1 aromatic rings. The van der Waals surface area contributed by atoms with E-state index in [1.54, 1.807) is 24.1 Å². The first-order valence-corrected chi connectivity index (χ1v) is 5.51. The van der Waals surface area contributed by atoms with Crippen molar-refractivity contribution in [1.82, 2.24) is 4.90 Å². The molecule has 0 bridgehead atoms. The minimum absolute atomic E-state index is 0.00153. The van der Waals surface area contributed by atoms with Gasteiger partial charge in [-0.15, -0.1) is 0 Å². The SMILES string of the molecule is CC(CC#N)N(C)C(=O)Cc1cccc(N)c1. The fourth-order valence-electron chi connectivity index (χ4n) is 1.52. The number of benzene rings is 1. The number of nitrogens with zero attached hydrogens (tertiary/aromatic N) is 2. The summed E-state index contributed by atoms with van der Waals surface area (Å²) in [6, 6.07) is 9.28. The normalized spacial score (nSPS) is 11.6. The van der Waals surface area contributed by atoms with E-state index < -0.39 is 0 Å². The van der Waals surface area contributed by atoms with Crippen molar-refractivity contribution in [3.05, 3.63) is 29.8 Å². The Morgan fingerprint density at radius 1 is 1.59 bits per heavy atom. The standard InChI is InChI=1S/C13H17N3O/c1-10(6-7-14)16(2)13(17)9-11-4-3-5-12(15)8-11/h3-5,8,10H,6,9,15H2,1-2H3. The van der Waals surface area contributed by atoms with Gasteiger partial charge in [0.05, 0.1) is 18.9 Å². The minimum atomic E-state index is -0.0615. The monoisotopic (exact) mass is 231 g/mol. The predicted molar refractivity (Wildman–Crippen MR) is 67.0 cm³/mol.